The summed E-state index contributed by atoms with van der Waals surface area (Å²) in [5.74, 6) is 0.806. The van der Waals surface area contributed by atoms with Crippen LogP contribution in [0.15, 0.2) is 0 Å². The fraction of sp³-hybridized carbons (Fsp3) is 0.929. The van der Waals surface area contributed by atoms with E-state index in [1.165, 1.54) is 6.42 Å². The van der Waals surface area contributed by atoms with Crippen molar-refractivity contribution >= 4 is 5.97 Å². The maximum Gasteiger partial charge on any atom is 0.303 e. The molecular formula is C14H30NO2+. The Bertz CT molecular complexity index is 228. The minimum absolute atomic E-state index is 0.299. The second kappa shape index (κ2) is 7.70. The second-order valence-electron chi connectivity index (χ2n) is 5.89. The summed E-state index contributed by atoms with van der Waals surface area (Å²) in [6, 6.07) is 0. The third-order valence-electron chi connectivity index (χ3n) is 4.11. The molecule has 0 heterocycles. The first-order valence-electron chi connectivity index (χ1n) is 6.86. The first-order valence-corrected chi connectivity index (χ1v) is 6.86. The molecule has 3 nitrogen and oxygen atoms in total. The van der Waals surface area contributed by atoms with E-state index >= 15 is 0 Å². The molecule has 0 rings (SSSR count). The van der Waals surface area contributed by atoms with E-state index in [0.717, 1.165) is 42.4 Å². The molecule has 0 fully saturated rings. The monoisotopic (exact) mass is 244 g/mol. The van der Waals surface area contributed by atoms with Crippen LogP contribution in [0.1, 0.15) is 47.0 Å². The van der Waals surface area contributed by atoms with Gasteiger partial charge in [-0.3, -0.25) is 4.79 Å². The Morgan fingerprint density at radius 1 is 1.24 bits per heavy atom. The lowest BCUT2D eigenvalue weighted by Gasteiger charge is -2.34. The average Bonchev–Trinajstić information content (AvgIpc) is 2.25. The number of aliphatic carboxylic acids is 1. The standard InChI is InChI=1S/C14H29NO2/c1-6-15(5,10-7-8-14(16)17)11-9-13(4)12(2)3/h12-13H,6-11H2,1-5H3/p+1. The van der Waals surface area contributed by atoms with Crippen LogP contribution in [0.5, 0.6) is 0 Å². The first kappa shape index (κ1) is 16.4. The van der Waals surface area contributed by atoms with Crippen LogP contribution in [-0.2, 0) is 4.79 Å². The Labute approximate surface area is 106 Å². The first-order chi connectivity index (χ1) is 7.80. The van der Waals surface area contributed by atoms with Gasteiger partial charge < -0.3 is 9.59 Å². The normalized spacial score (nSPS) is 16.8. The lowest BCUT2D eigenvalue weighted by Crippen LogP contribution is -2.46. The Hall–Kier alpha value is -0.570. The summed E-state index contributed by atoms with van der Waals surface area (Å²) >= 11 is 0. The highest BCUT2D eigenvalue weighted by Gasteiger charge is 2.21. The van der Waals surface area contributed by atoms with Crippen LogP contribution in [0, 0.1) is 11.8 Å². The zero-order valence-corrected chi connectivity index (χ0v) is 12.2. The Morgan fingerprint density at radius 2 is 1.82 bits per heavy atom. The van der Waals surface area contributed by atoms with E-state index in [1.807, 2.05) is 0 Å². The number of carboxylic acids is 1. The zero-order chi connectivity index (χ0) is 13.5. The molecular weight excluding hydrogens is 214 g/mol. The molecule has 0 amide bonds. The van der Waals surface area contributed by atoms with Crippen LogP contribution in [-0.4, -0.2) is 42.2 Å². The Morgan fingerprint density at radius 3 is 2.24 bits per heavy atom. The molecule has 0 spiro atoms. The van der Waals surface area contributed by atoms with Crippen molar-refractivity contribution in [3.8, 4) is 0 Å². The van der Waals surface area contributed by atoms with Crippen molar-refractivity contribution in [3.05, 3.63) is 0 Å². The molecule has 0 aromatic rings. The van der Waals surface area contributed by atoms with Crippen LogP contribution >= 0.6 is 0 Å². The Kier molecular flexibility index (Phi) is 7.44. The summed E-state index contributed by atoms with van der Waals surface area (Å²) < 4.78 is 1.00. The summed E-state index contributed by atoms with van der Waals surface area (Å²) in [4.78, 5) is 10.5. The number of carboxylic acid groups (broad SMARTS) is 1. The van der Waals surface area contributed by atoms with Gasteiger partial charge in [0.25, 0.3) is 0 Å². The molecule has 0 radical (unpaired) electrons. The zero-order valence-electron chi connectivity index (χ0n) is 12.2. The third kappa shape index (κ3) is 7.37. The van der Waals surface area contributed by atoms with Crippen molar-refractivity contribution in [3.63, 3.8) is 0 Å². The highest BCUT2D eigenvalue weighted by molar-refractivity contribution is 5.66. The van der Waals surface area contributed by atoms with Crippen molar-refractivity contribution in [2.45, 2.75) is 47.0 Å². The molecule has 2 unspecified atom stereocenters. The van der Waals surface area contributed by atoms with E-state index in [0.29, 0.717) is 6.42 Å². The van der Waals surface area contributed by atoms with Crippen LogP contribution in [0.2, 0.25) is 0 Å². The summed E-state index contributed by atoms with van der Waals surface area (Å²) in [5.41, 5.74) is 0. The maximum atomic E-state index is 10.5. The lowest BCUT2D eigenvalue weighted by molar-refractivity contribution is -0.908. The molecule has 102 valence electrons. The SMILES string of the molecule is CC[N+](C)(CCCC(=O)O)CCC(C)C(C)C. The van der Waals surface area contributed by atoms with Gasteiger partial charge in [0.2, 0.25) is 0 Å². The number of nitrogens with zero attached hydrogens (tertiary/aromatic N) is 1. The third-order valence-corrected chi connectivity index (χ3v) is 4.11. The van der Waals surface area contributed by atoms with Gasteiger partial charge in [0.1, 0.15) is 0 Å². The van der Waals surface area contributed by atoms with Gasteiger partial charge in [-0.25, -0.2) is 0 Å². The van der Waals surface area contributed by atoms with E-state index in [1.54, 1.807) is 0 Å². The Balaban J connectivity index is 4.04. The van der Waals surface area contributed by atoms with E-state index in [4.69, 9.17) is 5.11 Å². The molecule has 17 heavy (non-hydrogen) atoms. The van der Waals surface area contributed by atoms with Gasteiger partial charge >= 0.3 is 5.97 Å². The minimum atomic E-state index is -0.678. The highest BCUT2D eigenvalue weighted by Crippen LogP contribution is 2.17. The average molecular weight is 244 g/mol. The quantitative estimate of drug-likeness (QED) is 0.633. The van der Waals surface area contributed by atoms with E-state index < -0.39 is 5.97 Å². The fourth-order valence-electron chi connectivity index (χ4n) is 1.89. The predicted octanol–water partition coefficient (Wildman–Crippen LogP) is 3.00. The van der Waals surface area contributed by atoms with Crippen molar-refractivity contribution < 1.29 is 14.4 Å². The summed E-state index contributed by atoms with van der Waals surface area (Å²) in [6.45, 7) is 12.3. The molecule has 1 N–H and O–H groups in total. The van der Waals surface area contributed by atoms with Crippen LogP contribution in [0.3, 0.4) is 0 Å². The van der Waals surface area contributed by atoms with Gasteiger partial charge in [0.05, 0.1) is 33.1 Å². The number of carbonyl (C=O) groups is 1. The van der Waals surface area contributed by atoms with Gasteiger partial charge in [-0.2, -0.15) is 0 Å². The predicted molar refractivity (Wildman–Crippen MR) is 71.9 cm³/mol. The lowest BCUT2D eigenvalue weighted by atomic mass is 9.94. The van der Waals surface area contributed by atoms with Crippen LogP contribution < -0.4 is 0 Å². The molecule has 0 bridgehead atoms. The molecule has 0 aliphatic heterocycles. The summed E-state index contributed by atoms with van der Waals surface area (Å²) in [7, 11) is 2.24. The summed E-state index contributed by atoms with van der Waals surface area (Å²) in [5, 5.41) is 8.67. The van der Waals surface area contributed by atoms with Crippen molar-refractivity contribution in [2.75, 3.05) is 26.7 Å². The van der Waals surface area contributed by atoms with Gasteiger partial charge in [-0.05, 0) is 25.2 Å². The van der Waals surface area contributed by atoms with Crippen LogP contribution in [0.4, 0.5) is 0 Å². The fourth-order valence-corrected chi connectivity index (χ4v) is 1.89. The van der Waals surface area contributed by atoms with E-state index in [9.17, 15) is 4.79 Å². The van der Waals surface area contributed by atoms with Gasteiger partial charge in [0, 0.05) is 6.42 Å². The largest absolute Gasteiger partial charge is 0.481 e. The molecule has 0 aliphatic rings. The molecule has 0 aromatic heterocycles. The number of hydrogen-bond acceptors (Lipinski definition) is 1. The summed E-state index contributed by atoms with van der Waals surface area (Å²) in [6.07, 6.45) is 2.32. The molecule has 3 heteroatoms. The second-order valence-corrected chi connectivity index (χ2v) is 5.89. The molecule has 0 aliphatic carbocycles. The van der Waals surface area contributed by atoms with E-state index in [-0.39, 0.29) is 0 Å². The number of hydrogen-bond donors (Lipinski definition) is 1. The topological polar surface area (TPSA) is 37.3 Å². The van der Waals surface area contributed by atoms with Crippen molar-refractivity contribution in [1.82, 2.24) is 0 Å². The van der Waals surface area contributed by atoms with Gasteiger partial charge in [0.15, 0.2) is 0 Å². The minimum Gasteiger partial charge on any atom is -0.481 e. The number of quaternary nitrogens is 1. The van der Waals surface area contributed by atoms with Gasteiger partial charge in [-0.15, -0.1) is 0 Å². The molecule has 0 aromatic carbocycles. The van der Waals surface area contributed by atoms with E-state index in [2.05, 4.69) is 34.7 Å². The van der Waals surface area contributed by atoms with Gasteiger partial charge in [-0.1, -0.05) is 20.8 Å². The molecule has 0 saturated carbocycles. The highest BCUT2D eigenvalue weighted by atomic mass is 16.4. The number of rotatable bonds is 9. The molecule has 0 saturated heterocycles. The van der Waals surface area contributed by atoms with Crippen molar-refractivity contribution in [2.24, 2.45) is 11.8 Å². The molecule has 2 atom stereocenters. The maximum absolute atomic E-state index is 10.5. The van der Waals surface area contributed by atoms with Crippen LogP contribution in [0.25, 0.3) is 0 Å². The van der Waals surface area contributed by atoms with Crippen molar-refractivity contribution in [1.29, 1.82) is 0 Å². The smallest absolute Gasteiger partial charge is 0.303 e.